The molecule has 0 saturated heterocycles. The van der Waals surface area contributed by atoms with E-state index in [0.717, 1.165) is 0 Å². The Labute approximate surface area is 202 Å². The van der Waals surface area contributed by atoms with Crippen molar-refractivity contribution in [3.8, 4) is 0 Å². The summed E-state index contributed by atoms with van der Waals surface area (Å²) in [5.41, 5.74) is 1.55. The SMILES string of the molecule is CCCCCCCCCCCCC(C)c1cccc[n+]1CCCCCCCCCCCC. The maximum Gasteiger partial charge on any atom is 0.184 e. The number of rotatable bonds is 23. The van der Waals surface area contributed by atoms with E-state index in [0.29, 0.717) is 5.92 Å². The monoisotopic (exact) mass is 444 g/mol. The molecule has 0 radical (unpaired) electrons. The van der Waals surface area contributed by atoms with Gasteiger partial charge in [0.1, 0.15) is 6.54 Å². The molecule has 186 valence electrons. The van der Waals surface area contributed by atoms with Gasteiger partial charge in [-0.1, -0.05) is 142 Å². The van der Waals surface area contributed by atoms with Gasteiger partial charge in [-0.15, -0.1) is 0 Å². The Hall–Kier alpha value is -0.850. The first kappa shape index (κ1) is 29.2. The molecule has 1 heterocycles. The quantitative estimate of drug-likeness (QED) is 0.117. The summed E-state index contributed by atoms with van der Waals surface area (Å²) in [5.74, 6) is 0.688. The summed E-state index contributed by atoms with van der Waals surface area (Å²) < 4.78 is 2.55. The Morgan fingerprint density at radius 3 is 1.50 bits per heavy atom. The fourth-order valence-corrected chi connectivity index (χ4v) is 5.00. The van der Waals surface area contributed by atoms with E-state index >= 15 is 0 Å². The molecular weight excluding hydrogens is 386 g/mol. The molecule has 0 saturated carbocycles. The van der Waals surface area contributed by atoms with E-state index in [-0.39, 0.29) is 0 Å². The fourth-order valence-electron chi connectivity index (χ4n) is 5.00. The van der Waals surface area contributed by atoms with E-state index in [1.54, 1.807) is 5.69 Å². The van der Waals surface area contributed by atoms with Crippen molar-refractivity contribution in [3.05, 3.63) is 30.1 Å². The lowest BCUT2D eigenvalue weighted by atomic mass is 9.97. The van der Waals surface area contributed by atoms with Crippen molar-refractivity contribution in [1.29, 1.82) is 0 Å². The van der Waals surface area contributed by atoms with Crippen molar-refractivity contribution in [1.82, 2.24) is 0 Å². The van der Waals surface area contributed by atoms with Gasteiger partial charge in [0.05, 0.1) is 0 Å². The molecule has 0 aromatic carbocycles. The molecule has 0 aliphatic carbocycles. The topological polar surface area (TPSA) is 3.88 Å². The normalized spacial score (nSPS) is 12.3. The van der Waals surface area contributed by atoms with Crippen molar-refractivity contribution in [2.45, 2.75) is 168 Å². The van der Waals surface area contributed by atoms with Crippen LogP contribution in [0.1, 0.15) is 167 Å². The Balaban J connectivity index is 2.10. The second-order valence-corrected chi connectivity index (χ2v) is 10.4. The van der Waals surface area contributed by atoms with Crippen molar-refractivity contribution in [2.75, 3.05) is 0 Å². The largest absolute Gasteiger partial charge is 0.202 e. The van der Waals surface area contributed by atoms with Crippen LogP contribution in [0.3, 0.4) is 0 Å². The van der Waals surface area contributed by atoms with Crippen LogP contribution in [0, 0.1) is 0 Å². The van der Waals surface area contributed by atoms with Crippen LogP contribution >= 0.6 is 0 Å². The van der Waals surface area contributed by atoms with Crippen LogP contribution < -0.4 is 4.57 Å². The van der Waals surface area contributed by atoms with Crippen molar-refractivity contribution in [3.63, 3.8) is 0 Å². The molecule has 0 fully saturated rings. The molecule has 0 N–H and O–H groups in total. The van der Waals surface area contributed by atoms with Gasteiger partial charge < -0.3 is 0 Å². The second kappa shape index (κ2) is 22.0. The molecule has 1 atom stereocenters. The van der Waals surface area contributed by atoms with Crippen LogP contribution in [0.2, 0.25) is 0 Å². The van der Waals surface area contributed by atoms with E-state index in [4.69, 9.17) is 0 Å². The molecular formula is C31H58N+. The highest BCUT2D eigenvalue weighted by Gasteiger charge is 2.16. The minimum absolute atomic E-state index is 0.688. The summed E-state index contributed by atoms with van der Waals surface area (Å²) in [6, 6.07) is 6.82. The number of unbranched alkanes of at least 4 members (excludes halogenated alkanes) is 18. The van der Waals surface area contributed by atoms with Crippen molar-refractivity contribution >= 4 is 0 Å². The number of hydrogen-bond acceptors (Lipinski definition) is 0. The van der Waals surface area contributed by atoms with Crippen LogP contribution in [0.15, 0.2) is 24.4 Å². The number of aryl methyl sites for hydroxylation is 1. The van der Waals surface area contributed by atoms with Gasteiger partial charge in [0, 0.05) is 24.5 Å². The highest BCUT2D eigenvalue weighted by Crippen LogP contribution is 2.20. The summed E-state index contributed by atoms with van der Waals surface area (Å²) in [6.45, 7) is 8.25. The molecule has 1 aromatic heterocycles. The molecule has 1 nitrogen and oxygen atoms in total. The van der Waals surface area contributed by atoms with Gasteiger partial charge in [0.25, 0.3) is 0 Å². The average molecular weight is 445 g/mol. The molecule has 1 aromatic rings. The van der Waals surface area contributed by atoms with Crippen molar-refractivity contribution in [2.24, 2.45) is 0 Å². The smallest absolute Gasteiger partial charge is 0.184 e. The Kier molecular flexibility index (Phi) is 20.0. The minimum atomic E-state index is 0.688. The Morgan fingerprint density at radius 1 is 0.562 bits per heavy atom. The fraction of sp³-hybridized carbons (Fsp3) is 0.839. The van der Waals surface area contributed by atoms with Crippen LogP contribution in [0.4, 0.5) is 0 Å². The van der Waals surface area contributed by atoms with Crippen LogP contribution in [0.25, 0.3) is 0 Å². The number of hydrogen-bond donors (Lipinski definition) is 0. The van der Waals surface area contributed by atoms with Gasteiger partial charge in [-0.25, -0.2) is 4.57 Å². The van der Waals surface area contributed by atoms with Gasteiger partial charge in [-0.3, -0.25) is 0 Å². The predicted octanol–water partition coefficient (Wildman–Crippen LogP) is 10.3. The molecule has 1 heteroatoms. The molecule has 32 heavy (non-hydrogen) atoms. The maximum atomic E-state index is 2.55. The Bertz CT molecular complexity index is 509. The first-order valence-corrected chi connectivity index (χ1v) is 14.8. The van der Waals surface area contributed by atoms with E-state index in [9.17, 15) is 0 Å². The zero-order valence-electron chi connectivity index (χ0n) is 22.4. The first-order chi connectivity index (χ1) is 15.8. The third-order valence-corrected chi connectivity index (χ3v) is 7.22. The van der Waals surface area contributed by atoms with Gasteiger partial charge in [-0.2, -0.15) is 0 Å². The van der Waals surface area contributed by atoms with Gasteiger partial charge in [0.2, 0.25) is 0 Å². The summed E-state index contributed by atoms with van der Waals surface area (Å²) >= 11 is 0. The average Bonchev–Trinajstić information content (AvgIpc) is 2.81. The number of pyridine rings is 1. The molecule has 0 aliphatic rings. The second-order valence-electron chi connectivity index (χ2n) is 10.4. The van der Waals surface area contributed by atoms with Crippen LogP contribution in [0.5, 0.6) is 0 Å². The summed E-state index contributed by atoms with van der Waals surface area (Å²) in [4.78, 5) is 0. The minimum Gasteiger partial charge on any atom is -0.202 e. The van der Waals surface area contributed by atoms with Gasteiger partial charge >= 0.3 is 0 Å². The molecule has 0 aliphatic heterocycles. The van der Waals surface area contributed by atoms with Crippen LogP contribution in [-0.2, 0) is 6.54 Å². The highest BCUT2D eigenvalue weighted by atomic mass is 15.0. The Morgan fingerprint density at radius 2 is 1.00 bits per heavy atom. The van der Waals surface area contributed by atoms with Crippen molar-refractivity contribution < 1.29 is 4.57 Å². The summed E-state index contributed by atoms with van der Waals surface area (Å²) in [7, 11) is 0. The molecule has 0 spiro atoms. The van der Waals surface area contributed by atoms with E-state index < -0.39 is 0 Å². The molecule has 1 unspecified atom stereocenters. The summed E-state index contributed by atoms with van der Waals surface area (Å²) in [6.07, 6.45) is 32.1. The van der Waals surface area contributed by atoms with E-state index in [2.05, 4.69) is 49.7 Å². The molecule has 1 rings (SSSR count). The van der Waals surface area contributed by atoms with E-state index in [1.165, 1.54) is 141 Å². The third-order valence-electron chi connectivity index (χ3n) is 7.22. The summed E-state index contributed by atoms with van der Waals surface area (Å²) in [5, 5.41) is 0. The maximum absolute atomic E-state index is 2.55. The van der Waals surface area contributed by atoms with Gasteiger partial charge in [0.15, 0.2) is 11.9 Å². The predicted molar refractivity (Wildman–Crippen MR) is 143 cm³/mol. The lowest BCUT2D eigenvalue weighted by molar-refractivity contribution is -0.705. The lowest BCUT2D eigenvalue weighted by Crippen LogP contribution is -2.38. The van der Waals surface area contributed by atoms with Crippen LogP contribution in [-0.4, -0.2) is 0 Å². The molecule has 0 amide bonds. The third kappa shape index (κ3) is 15.9. The zero-order chi connectivity index (χ0) is 23.1. The first-order valence-electron chi connectivity index (χ1n) is 14.8. The number of aromatic nitrogens is 1. The van der Waals surface area contributed by atoms with E-state index in [1.807, 2.05) is 0 Å². The standard InChI is InChI=1S/C31H58N/c1-4-6-8-10-12-14-16-18-20-22-26-30(3)31-27-23-25-29-32(31)28-24-21-19-17-15-13-11-9-7-5-2/h23,25,27,29-30H,4-22,24,26,28H2,1-3H3/q+1. The number of nitrogens with zero attached hydrogens (tertiary/aromatic N) is 1. The zero-order valence-corrected chi connectivity index (χ0v) is 22.4. The molecule has 0 bridgehead atoms. The highest BCUT2D eigenvalue weighted by molar-refractivity contribution is 5.02. The lowest BCUT2D eigenvalue weighted by Gasteiger charge is -2.11. The van der Waals surface area contributed by atoms with Gasteiger partial charge in [-0.05, 0) is 12.8 Å².